The van der Waals surface area contributed by atoms with E-state index in [1.54, 1.807) is 6.20 Å². The van der Waals surface area contributed by atoms with Crippen LogP contribution in [-0.4, -0.2) is 4.98 Å². The van der Waals surface area contributed by atoms with E-state index in [-0.39, 0.29) is 67.6 Å². The fraction of sp³-hybridized carbons (Fsp3) is 0.600. The van der Waals surface area contributed by atoms with Crippen LogP contribution in [0.4, 0.5) is 0 Å². The van der Waals surface area contributed by atoms with Gasteiger partial charge in [-0.15, -0.1) is 5.41 Å². The Morgan fingerprint density at radius 2 is 1.53 bits per heavy atom. The Bertz CT molecular complexity index is 329. The molecule has 0 N–H and O–H groups in total. The number of hydrogen-bond donors (Lipinski definition) is 0. The van der Waals surface area contributed by atoms with Gasteiger partial charge in [-0.3, -0.25) is 0 Å². The second-order valence-corrected chi connectivity index (χ2v) is 6.56. The first-order chi connectivity index (χ1) is 7.11. The minimum Gasteiger partial charge on any atom is -0.391 e. The Kier molecular flexibility index (Phi) is 6.10. The molecule has 17 heavy (non-hydrogen) atoms. The van der Waals surface area contributed by atoms with Crippen molar-refractivity contribution < 1.29 is 51.4 Å². The van der Waals surface area contributed by atoms with Gasteiger partial charge in [-0.25, -0.2) is 0 Å². The van der Waals surface area contributed by atoms with E-state index < -0.39 is 0 Å². The summed E-state index contributed by atoms with van der Waals surface area (Å²) < 4.78 is 0. The molecule has 0 atom stereocenters. The van der Waals surface area contributed by atoms with Gasteiger partial charge in [0.2, 0.25) is 0 Å². The first-order valence-corrected chi connectivity index (χ1v) is 5.78. The third-order valence-electron chi connectivity index (χ3n) is 3.62. The quantitative estimate of drug-likeness (QED) is 0.541. The molecule has 1 aromatic heterocycles. The molecule has 0 saturated carbocycles. The largest absolute Gasteiger partial charge is 1.00 e. The maximum atomic E-state index is 4.51. The molecule has 0 radical (unpaired) electrons. The van der Waals surface area contributed by atoms with E-state index in [1.165, 1.54) is 0 Å². The molecule has 0 bridgehead atoms. The van der Waals surface area contributed by atoms with Crippen molar-refractivity contribution in [1.82, 2.24) is 4.98 Å². The predicted molar refractivity (Wildman–Crippen MR) is 69.0 cm³/mol. The Morgan fingerprint density at radius 3 is 1.82 bits per heavy atom. The molecule has 0 aliphatic rings. The van der Waals surface area contributed by atoms with Crippen LogP contribution in [0.3, 0.4) is 0 Å². The summed E-state index contributed by atoms with van der Waals surface area (Å²) in [5.74, 6) is 0. The second kappa shape index (κ2) is 5.83. The number of nitrogens with zero attached hydrogens (tertiary/aromatic N) is 1. The van der Waals surface area contributed by atoms with Crippen LogP contribution < -0.4 is 51.4 Å². The number of rotatable bonds is 1. The van der Waals surface area contributed by atoms with Gasteiger partial charge in [-0.05, 0) is 0 Å². The van der Waals surface area contributed by atoms with Crippen LogP contribution in [0.15, 0.2) is 18.5 Å². The second-order valence-electron chi connectivity index (χ2n) is 6.56. The average molecular weight is 256 g/mol. The third-order valence-corrected chi connectivity index (χ3v) is 3.62. The Hall–Kier alpha value is 0.786. The number of hydrogen-bond acceptors (Lipinski definition) is 1. The van der Waals surface area contributed by atoms with Gasteiger partial charge in [0.1, 0.15) is 0 Å². The monoisotopic (exact) mass is 256 g/mol. The van der Waals surface area contributed by atoms with Crippen LogP contribution in [0.1, 0.15) is 47.1 Å². The van der Waals surface area contributed by atoms with E-state index in [0.29, 0.717) is 0 Å². The Morgan fingerprint density at radius 1 is 1.06 bits per heavy atom. The third kappa shape index (κ3) is 3.41. The maximum Gasteiger partial charge on any atom is 1.00 e. The predicted octanol–water partition coefficient (Wildman–Crippen LogP) is 1.05. The molecule has 90 valence electrons. The molecule has 0 fully saturated rings. The van der Waals surface area contributed by atoms with Crippen LogP contribution >= 0.6 is 0 Å². The van der Waals surface area contributed by atoms with Crippen LogP contribution in [0.25, 0.3) is 0 Å². The summed E-state index contributed by atoms with van der Waals surface area (Å²) in [6.45, 7) is 17.9. The van der Waals surface area contributed by atoms with E-state index in [2.05, 4.69) is 59.5 Å². The van der Waals surface area contributed by atoms with Crippen molar-refractivity contribution in [3.8, 4) is 0 Å². The van der Waals surface area contributed by atoms with Crippen molar-refractivity contribution in [2.45, 2.75) is 47.0 Å². The average Bonchev–Trinajstić information content (AvgIpc) is 2.14. The van der Waals surface area contributed by atoms with Crippen LogP contribution in [-0.2, 0) is 5.41 Å². The molecule has 0 aliphatic heterocycles. The van der Waals surface area contributed by atoms with Crippen molar-refractivity contribution in [2.24, 2.45) is 10.8 Å². The summed E-state index contributed by atoms with van der Waals surface area (Å²) in [5, 5.41) is 0. The zero-order valence-corrected chi connectivity index (χ0v) is 15.5. The van der Waals surface area contributed by atoms with E-state index in [9.17, 15) is 0 Å². The van der Waals surface area contributed by atoms with E-state index in [1.807, 2.05) is 12.3 Å². The Labute approximate surface area is 149 Å². The molecular formula is C15H23KN-. The molecular weight excluding hydrogens is 233 g/mol. The molecule has 2 heteroatoms. The van der Waals surface area contributed by atoms with Gasteiger partial charge in [-0.1, -0.05) is 64.8 Å². The van der Waals surface area contributed by atoms with Gasteiger partial charge in [-0.2, -0.15) is 17.7 Å². The van der Waals surface area contributed by atoms with Crippen LogP contribution in [0, 0.1) is 23.8 Å². The first kappa shape index (κ1) is 17.8. The van der Waals surface area contributed by atoms with Crippen molar-refractivity contribution in [3.63, 3.8) is 0 Å². The van der Waals surface area contributed by atoms with Gasteiger partial charge < -0.3 is 11.9 Å². The summed E-state index contributed by atoms with van der Waals surface area (Å²) in [7, 11) is 0. The standard InChI is InChI=1S/C15H23N.K/c1-13(2,3)15(7,14(4,5)6)12-9-8-10-16-11-12;/h8,10-11H,7H2,1-6H3;/q-2;+1. The number of aromatic nitrogens is 1. The van der Waals surface area contributed by atoms with Crippen LogP contribution in [0.2, 0.25) is 0 Å². The first-order valence-electron chi connectivity index (χ1n) is 5.78. The molecule has 0 aromatic carbocycles. The maximum absolute atomic E-state index is 4.51. The fourth-order valence-corrected chi connectivity index (χ4v) is 2.49. The summed E-state index contributed by atoms with van der Waals surface area (Å²) in [6.07, 6.45) is 3.65. The van der Waals surface area contributed by atoms with Gasteiger partial charge in [0.05, 0.1) is 0 Å². The van der Waals surface area contributed by atoms with Gasteiger partial charge >= 0.3 is 51.4 Å². The van der Waals surface area contributed by atoms with Gasteiger partial charge in [0, 0.05) is 0 Å². The molecule has 1 rings (SSSR count). The van der Waals surface area contributed by atoms with Crippen LogP contribution in [0.5, 0.6) is 0 Å². The molecule has 0 amide bonds. The molecule has 0 saturated heterocycles. The molecule has 1 heterocycles. The summed E-state index contributed by atoms with van der Waals surface area (Å²) >= 11 is 0. The minimum atomic E-state index is -0.200. The molecule has 1 nitrogen and oxygen atoms in total. The van der Waals surface area contributed by atoms with E-state index in [0.717, 1.165) is 5.56 Å². The van der Waals surface area contributed by atoms with Gasteiger partial charge in [0.15, 0.2) is 0 Å². The van der Waals surface area contributed by atoms with Gasteiger partial charge in [0.25, 0.3) is 0 Å². The van der Waals surface area contributed by atoms with Crippen molar-refractivity contribution in [2.75, 3.05) is 0 Å². The normalized spacial score (nSPS) is 13.1. The smallest absolute Gasteiger partial charge is 0.391 e. The fourth-order valence-electron chi connectivity index (χ4n) is 2.49. The van der Waals surface area contributed by atoms with Crippen molar-refractivity contribution in [3.05, 3.63) is 37.0 Å². The van der Waals surface area contributed by atoms with Crippen molar-refractivity contribution in [1.29, 1.82) is 0 Å². The Balaban J connectivity index is 0.00000256. The summed E-state index contributed by atoms with van der Waals surface area (Å²) in [5.41, 5.74) is 1.01. The minimum absolute atomic E-state index is 0. The van der Waals surface area contributed by atoms with Crippen molar-refractivity contribution >= 4 is 0 Å². The topological polar surface area (TPSA) is 12.9 Å². The zero-order chi connectivity index (χ0) is 12.6. The van der Waals surface area contributed by atoms with E-state index >= 15 is 0 Å². The van der Waals surface area contributed by atoms with E-state index in [4.69, 9.17) is 0 Å². The zero-order valence-electron chi connectivity index (χ0n) is 12.4. The SMILES string of the molecule is [CH2-]C(c1[c-]ccnc1)(C(C)(C)C)C(C)(C)C.[K+]. The molecule has 0 unspecified atom stereocenters. The summed E-state index contributed by atoms with van der Waals surface area (Å²) in [4.78, 5) is 4.21. The molecule has 0 spiro atoms. The summed E-state index contributed by atoms with van der Waals surface area (Å²) in [6, 6.07) is 5.16. The molecule has 0 aliphatic carbocycles. The molecule has 1 aromatic rings. The number of pyridine rings is 1.